The lowest BCUT2D eigenvalue weighted by Crippen LogP contribution is -2.49. The van der Waals surface area contributed by atoms with E-state index >= 15 is 0 Å². The molecule has 3 fully saturated rings. The number of amides is 2. The van der Waals surface area contributed by atoms with Crippen molar-refractivity contribution in [1.29, 1.82) is 0 Å². The standard InChI is InChI=1S/C38H54N6O6/c1-27(39)25-29-9-13-31(14-10-29)35(45)41-17-21-43(22-18-41)49-37(47)33-5-3-7-34(8-4-6-33)38(48)50-44-23-19-42(20-24-44)36(46)32-15-11-30(12-16-32)26-28(2)40/h9-16,27-28,33-34H,3-8,17-26,39-40H2,1-2H3. The van der Waals surface area contributed by atoms with Crippen LogP contribution in [0.25, 0.3) is 0 Å². The van der Waals surface area contributed by atoms with E-state index in [1.807, 2.05) is 62.4 Å². The lowest BCUT2D eigenvalue weighted by Gasteiger charge is -2.35. The zero-order valence-corrected chi connectivity index (χ0v) is 29.6. The number of benzene rings is 2. The summed E-state index contributed by atoms with van der Waals surface area (Å²) >= 11 is 0. The SMILES string of the molecule is CC(N)Cc1ccc(C(=O)N2CCN(OC(=O)C3CCCC(C(=O)ON4CCN(C(=O)c5ccc(CC(C)N)cc5)CC4)CCC3)CC2)cc1. The fourth-order valence-electron chi connectivity index (χ4n) is 7.03. The quantitative estimate of drug-likeness (QED) is 0.381. The third-order valence-electron chi connectivity index (χ3n) is 9.88. The van der Waals surface area contributed by atoms with Gasteiger partial charge in [0.2, 0.25) is 0 Å². The van der Waals surface area contributed by atoms with Crippen LogP contribution in [0.2, 0.25) is 0 Å². The van der Waals surface area contributed by atoms with Gasteiger partial charge in [-0.2, -0.15) is 0 Å². The monoisotopic (exact) mass is 690 g/mol. The first-order valence-electron chi connectivity index (χ1n) is 18.3. The highest BCUT2D eigenvalue weighted by Gasteiger charge is 2.32. The Kier molecular flexibility index (Phi) is 13.4. The van der Waals surface area contributed by atoms with E-state index < -0.39 is 0 Å². The smallest absolute Gasteiger partial charge is 0.328 e. The maximum Gasteiger partial charge on any atom is 0.328 e. The van der Waals surface area contributed by atoms with Crippen LogP contribution < -0.4 is 11.5 Å². The van der Waals surface area contributed by atoms with Crippen molar-refractivity contribution in [3.05, 3.63) is 70.8 Å². The molecule has 2 unspecified atom stereocenters. The van der Waals surface area contributed by atoms with Crippen LogP contribution in [0.1, 0.15) is 84.2 Å². The normalized spacial score (nSPS) is 22.2. The molecular formula is C38H54N6O6. The summed E-state index contributed by atoms with van der Waals surface area (Å²) in [4.78, 5) is 67.3. The fourth-order valence-corrected chi connectivity index (χ4v) is 7.03. The molecule has 12 heteroatoms. The minimum Gasteiger partial charge on any atom is -0.368 e. The van der Waals surface area contributed by atoms with Crippen LogP contribution >= 0.6 is 0 Å². The molecule has 4 N–H and O–H groups in total. The van der Waals surface area contributed by atoms with Crippen LogP contribution in [-0.2, 0) is 32.1 Å². The number of nitrogens with two attached hydrogens (primary N) is 2. The van der Waals surface area contributed by atoms with E-state index in [0.717, 1.165) is 36.8 Å². The molecule has 2 saturated heterocycles. The highest BCUT2D eigenvalue weighted by atomic mass is 16.7. The van der Waals surface area contributed by atoms with Gasteiger partial charge in [0.15, 0.2) is 0 Å². The number of carbonyl (C=O) groups excluding carboxylic acids is 4. The van der Waals surface area contributed by atoms with E-state index in [1.54, 1.807) is 19.9 Å². The molecule has 2 aromatic carbocycles. The van der Waals surface area contributed by atoms with Gasteiger partial charge < -0.3 is 30.9 Å². The van der Waals surface area contributed by atoms with Crippen LogP contribution in [0.3, 0.4) is 0 Å². The van der Waals surface area contributed by atoms with E-state index in [-0.39, 0.29) is 47.7 Å². The van der Waals surface area contributed by atoms with Crippen molar-refractivity contribution in [2.45, 2.75) is 77.3 Å². The molecular weight excluding hydrogens is 636 g/mol. The van der Waals surface area contributed by atoms with E-state index in [1.165, 1.54) is 0 Å². The van der Waals surface area contributed by atoms with Crippen molar-refractivity contribution < 1.29 is 28.9 Å². The Balaban J connectivity index is 0.981. The first-order valence-corrected chi connectivity index (χ1v) is 18.3. The second-order valence-electron chi connectivity index (χ2n) is 14.3. The van der Waals surface area contributed by atoms with Crippen LogP contribution in [0.4, 0.5) is 0 Å². The van der Waals surface area contributed by atoms with Crippen molar-refractivity contribution in [2.75, 3.05) is 52.4 Å². The Labute approximate surface area is 295 Å². The van der Waals surface area contributed by atoms with Crippen LogP contribution in [-0.4, -0.2) is 108 Å². The summed E-state index contributed by atoms with van der Waals surface area (Å²) in [6.45, 7) is 7.70. The molecule has 0 radical (unpaired) electrons. The predicted octanol–water partition coefficient (Wildman–Crippen LogP) is 3.18. The first-order chi connectivity index (χ1) is 24.0. The summed E-state index contributed by atoms with van der Waals surface area (Å²) in [5, 5.41) is 3.34. The molecule has 2 aromatic rings. The summed E-state index contributed by atoms with van der Waals surface area (Å²) in [6, 6.07) is 15.3. The predicted molar refractivity (Wildman–Crippen MR) is 189 cm³/mol. The van der Waals surface area contributed by atoms with Gasteiger partial charge in [-0.05, 0) is 87.8 Å². The number of nitrogens with zero attached hydrogens (tertiary/aromatic N) is 4. The number of carbonyl (C=O) groups is 4. The summed E-state index contributed by atoms with van der Waals surface area (Å²) < 4.78 is 0. The number of hydrogen-bond donors (Lipinski definition) is 2. The molecule has 2 amide bonds. The third kappa shape index (κ3) is 10.6. The van der Waals surface area contributed by atoms with Crippen molar-refractivity contribution in [1.82, 2.24) is 19.9 Å². The maximum absolute atomic E-state index is 13.1. The molecule has 0 bridgehead atoms. The second-order valence-corrected chi connectivity index (χ2v) is 14.3. The van der Waals surface area contributed by atoms with Crippen molar-refractivity contribution in [3.63, 3.8) is 0 Å². The Morgan fingerprint density at radius 2 is 0.900 bits per heavy atom. The lowest BCUT2D eigenvalue weighted by atomic mass is 9.86. The average Bonchev–Trinajstić information content (AvgIpc) is 3.08. The van der Waals surface area contributed by atoms with Gasteiger partial charge in [-0.3, -0.25) is 19.2 Å². The van der Waals surface area contributed by atoms with Gasteiger partial charge in [-0.1, -0.05) is 37.1 Å². The molecule has 2 heterocycles. The number of rotatable bonds is 10. The van der Waals surface area contributed by atoms with Gasteiger partial charge >= 0.3 is 11.9 Å². The van der Waals surface area contributed by atoms with Gasteiger partial charge in [0.25, 0.3) is 11.8 Å². The van der Waals surface area contributed by atoms with Gasteiger partial charge in [0.1, 0.15) is 0 Å². The Morgan fingerprint density at radius 1 is 0.580 bits per heavy atom. The summed E-state index contributed by atoms with van der Waals surface area (Å²) in [6.07, 6.45) is 5.64. The van der Waals surface area contributed by atoms with Crippen LogP contribution in [0, 0.1) is 11.8 Å². The number of hydrogen-bond acceptors (Lipinski definition) is 10. The molecule has 12 nitrogen and oxygen atoms in total. The minimum absolute atomic E-state index is 0.0239. The first kappa shape index (κ1) is 37.4. The van der Waals surface area contributed by atoms with E-state index in [0.29, 0.717) is 89.2 Å². The van der Waals surface area contributed by atoms with Gasteiger partial charge in [0.05, 0.1) is 38.0 Å². The van der Waals surface area contributed by atoms with Crippen molar-refractivity contribution >= 4 is 23.8 Å². The molecule has 5 rings (SSSR count). The van der Waals surface area contributed by atoms with Gasteiger partial charge in [-0.15, -0.1) is 10.1 Å². The highest BCUT2D eigenvalue weighted by molar-refractivity contribution is 5.95. The molecule has 1 aliphatic carbocycles. The highest BCUT2D eigenvalue weighted by Crippen LogP contribution is 2.28. The largest absolute Gasteiger partial charge is 0.368 e. The van der Waals surface area contributed by atoms with E-state index in [9.17, 15) is 19.2 Å². The molecule has 3 aliphatic rings. The Bertz CT molecular complexity index is 1320. The van der Waals surface area contributed by atoms with Crippen LogP contribution in [0.15, 0.2) is 48.5 Å². The molecule has 2 aliphatic heterocycles. The third-order valence-corrected chi connectivity index (χ3v) is 9.88. The molecule has 1 saturated carbocycles. The van der Waals surface area contributed by atoms with Gasteiger partial charge in [-0.25, -0.2) is 0 Å². The molecule has 272 valence electrons. The lowest BCUT2D eigenvalue weighted by molar-refractivity contribution is -0.203. The maximum atomic E-state index is 13.1. The average molecular weight is 691 g/mol. The topological polar surface area (TPSA) is 152 Å². The molecule has 2 atom stereocenters. The summed E-state index contributed by atoms with van der Waals surface area (Å²) in [5.74, 6) is -0.943. The van der Waals surface area contributed by atoms with E-state index in [2.05, 4.69) is 0 Å². The van der Waals surface area contributed by atoms with Gasteiger partial charge in [0, 0.05) is 49.4 Å². The Morgan fingerprint density at radius 3 is 1.20 bits per heavy atom. The summed E-state index contributed by atoms with van der Waals surface area (Å²) in [7, 11) is 0. The number of piperazine rings is 2. The minimum atomic E-state index is -0.232. The molecule has 0 spiro atoms. The van der Waals surface area contributed by atoms with E-state index in [4.69, 9.17) is 21.1 Å². The number of hydroxylamine groups is 4. The van der Waals surface area contributed by atoms with Crippen molar-refractivity contribution in [3.8, 4) is 0 Å². The Hall–Kier alpha value is -3.84. The zero-order chi connectivity index (χ0) is 35.6. The summed E-state index contributed by atoms with van der Waals surface area (Å²) in [5.41, 5.74) is 15.3. The fraction of sp³-hybridized carbons (Fsp3) is 0.579. The molecule has 50 heavy (non-hydrogen) atoms. The molecule has 0 aromatic heterocycles. The van der Waals surface area contributed by atoms with Crippen LogP contribution in [0.5, 0.6) is 0 Å². The second kappa shape index (κ2) is 17.9. The zero-order valence-electron chi connectivity index (χ0n) is 29.6. The van der Waals surface area contributed by atoms with Crippen molar-refractivity contribution in [2.24, 2.45) is 23.3 Å².